The third-order valence-electron chi connectivity index (χ3n) is 3.73. The van der Waals surface area contributed by atoms with Crippen LogP contribution >= 0.6 is 12.2 Å². The fraction of sp³-hybridized carbons (Fsp3) is 0.429. The highest BCUT2D eigenvalue weighted by Crippen LogP contribution is 2.29. The van der Waals surface area contributed by atoms with Crippen molar-refractivity contribution >= 4 is 28.8 Å². The van der Waals surface area contributed by atoms with E-state index in [0.717, 1.165) is 0 Å². The van der Waals surface area contributed by atoms with Crippen LogP contribution < -0.4 is 10.6 Å². The Bertz CT molecular complexity index is 574. The van der Waals surface area contributed by atoms with Gasteiger partial charge in [0.1, 0.15) is 16.3 Å². The zero-order chi connectivity index (χ0) is 15.1. The lowest BCUT2D eigenvalue weighted by Crippen LogP contribution is -2.62. The molecular weight excluding hydrogens is 277 g/mol. The number of anilines is 1. The molecule has 20 heavy (non-hydrogen) atoms. The minimum atomic E-state index is -0.704. The number of thiocarbonyl (C=S) groups is 1. The Labute approximate surface area is 123 Å². The van der Waals surface area contributed by atoms with E-state index in [4.69, 9.17) is 18.0 Å². The topological polar surface area (TPSA) is 49.6 Å². The van der Waals surface area contributed by atoms with Gasteiger partial charge in [0.25, 0.3) is 0 Å². The van der Waals surface area contributed by atoms with Crippen LogP contribution in [-0.4, -0.2) is 41.5 Å². The summed E-state index contributed by atoms with van der Waals surface area (Å²) in [5, 5.41) is 0. The third-order valence-corrected chi connectivity index (χ3v) is 3.95. The molecule has 0 radical (unpaired) electrons. The van der Waals surface area contributed by atoms with Gasteiger partial charge in [0.2, 0.25) is 5.91 Å². The first-order valence-corrected chi connectivity index (χ1v) is 6.78. The van der Waals surface area contributed by atoms with E-state index in [2.05, 4.69) is 0 Å². The molecule has 1 aliphatic rings. The Morgan fingerprint density at radius 3 is 2.60 bits per heavy atom. The van der Waals surface area contributed by atoms with Gasteiger partial charge >= 0.3 is 0 Å². The number of likely N-dealkylation sites (N-methyl/N-ethyl adjacent to an activating group) is 1. The first-order valence-electron chi connectivity index (χ1n) is 6.37. The molecule has 2 N–H and O–H groups in total. The molecule has 108 valence electrons. The molecule has 1 saturated heterocycles. The van der Waals surface area contributed by atoms with Gasteiger partial charge in [-0.25, -0.2) is 4.39 Å². The molecular formula is C14H18FN3OS. The van der Waals surface area contributed by atoms with Gasteiger partial charge in [-0.05, 0) is 32.0 Å². The fourth-order valence-corrected chi connectivity index (χ4v) is 2.70. The average molecular weight is 295 g/mol. The molecule has 0 aliphatic carbocycles. The summed E-state index contributed by atoms with van der Waals surface area (Å²) in [6, 6.07) is 4.69. The normalized spacial score (nSPS) is 18.3. The third kappa shape index (κ3) is 2.35. The summed E-state index contributed by atoms with van der Waals surface area (Å²) in [6.07, 6.45) is 0. The highest BCUT2D eigenvalue weighted by molar-refractivity contribution is 7.80. The number of carbonyl (C=O) groups is 1. The Kier molecular flexibility index (Phi) is 3.69. The van der Waals surface area contributed by atoms with E-state index in [1.807, 2.05) is 18.7 Å². The Morgan fingerprint density at radius 1 is 1.40 bits per heavy atom. The maximum atomic E-state index is 14.0. The number of piperazine rings is 1. The SMILES string of the molecule is CN1CCN(c2ccc(C(N)=S)c(F)c2)C(C)(C)C1=O. The van der Waals surface area contributed by atoms with Crippen molar-refractivity contribution in [1.29, 1.82) is 0 Å². The van der Waals surface area contributed by atoms with Crippen molar-refractivity contribution in [2.75, 3.05) is 25.0 Å². The second-order valence-electron chi connectivity index (χ2n) is 5.47. The number of rotatable bonds is 2. The second kappa shape index (κ2) is 5.01. The lowest BCUT2D eigenvalue weighted by molar-refractivity contribution is -0.136. The van der Waals surface area contributed by atoms with Gasteiger partial charge in [-0.1, -0.05) is 12.2 Å². The van der Waals surface area contributed by atoms with Gasteiger partial charge in [-0.15, -0.1) is 0 Å². The maximum Gasteiger partial charge on any atom is 0.247 e. The molecule has 1 amide bonds. The van der Waals surface area contributed by atoms with E-state index in [1.54, 1.807) is 24.1 Å². The first kappa shape index (κ1) is 14.7. The van der Waals surface area contributed by atoms with E-state index in [9.17, 15) is 9.18 Å². The van der Waals surface area contributed by atoms with E-state index < -0.39 is 11.4 Å². The van der Waals surface area contributed by atoms with Crippen molar-refractivity contribution < 1.29 is 9.18 Å². The number of benzene rings is 1. The highest BCUT2D eigenvalue weighted by Gasteiger charge is 2.40. The average Bonchev–Trinajstić information content (AvgIpc) is 2.35. The molecule has 0 spiro atoms. The van der Waals surface area contributed by atoms with Crippen LogP contribution in [-0.2, 0) is 4.79 Å². The zero-order valence-corrected chi connectivity index (χ0v) is 12.6. The minimum absolute atomic E-state index is 0.0163. The summed E-state index contributed by atoms with van der Waals surface area (Å²) >= 11 is 4.79. The van der Waals surface area contributed by atoms with Gasteiger partial charge in [0.05, 0.1) is 0 Å². The van der Waals surface area contributed by atoms with Crippen molar-refractivity contribution in [1.82, 2.24) is 4.90 Å². The number of hydrogen-bond donors (Lipinski definition) is 1. The van der Waals surface area contributed by atoms with Crippen molar-refractivity contribution in [2.45, 2.75) is 19.4 Å². The fourth-order valence-electron chi connectivity index (χ4n) is 2.54. The Morgan fingerprint density at radius 2 is 2.05 bits per heavy atom. The smallest absolute Gasteiger partial charge is 0.247 e. The molecule has 0 atom stereocenters. The quantitative estimate of drug-likeness (QED) is 0.841. The number of nitrogens with two attached hydrogens (primary N) is 1. The van der Waals surface area contributed by atoms with Crippen LogP contribution in [0.2, 0.25) is 0 Å². The van der Waals surface area contributed by atoms with Crippen LogP contribution in [0.1, 0.15) is 19.4 Å². The predicted molar refractivity (Wildman–Crippen MR) is 81.3 cm³/mol. The van der Waals surface area contributed by atoms with E-state index in [0.29, 0.717) is 18.8 Å². The van der Waals surface area contributed by atoms with E-state index in [1.165, 1.54) is 6.07 Å². The standard InChI is InChI=1S/C14H18FN3OS/c1-14(2)13(19)17(3)6-7-18(14)9-4-5-10(12(16)20)11(15)8-9/h4-5,8H,6-7H2,1-3H3,(H2,16,20). The number of halogens is 1. The number of nitrogens with zero attached hydrogens (tertiary/aromatic N) is 2. The van der Waals surface area contributed by atoms with Crippen molar-refractivity contribution in [2.24, 2.45) is 5.73 Å². The highest BCUT2D eigenvalue weighted by atomic mass is 32.1. The summed E-state index contributed by atoms with van der Waals surface area (Å²) in [5.41, 5.74) is 5.63. The van der Waals surface area contributed by atoms with Crippen molar-refractivity contribution in [3.63, 3.8) is 0 Å². The molecule has 1 aromatic rings. The summed E-state index contributed by atoms with van der Waals surface area (Å²) in [7, 11) is 1.78. The summed E-state index contributed by atoms with van der Waals surface area (Å²) in [5.74, 6) is -0.445. The monoisotopic (exact) mass is 295 g/mol. The van der Waals surface area contributed by atoms with E-state index >= 15 is 0 Å². The molecule has 0 unspecified atom stereocenters. The number of amides is 1. The molecule has 4 nitrogen and oxygen atoms in total. The van der Waals surface area contributed by atoms with Gasteiger partial charge in [0, 0.05) is 31.4 Å². The van der Waals surface area contributed by atoms with Gasteiger partial charge < -0.3 is 15.5 Å². The summed E-state index contributed by atoms with van der Waals surface area (Å²) in [4.78, 5) is 15.9. The van der Waals surface area contributed by atoms with Crippen molar-refractivity contribution in [3.05, 3.63) is 29.6 Å². The molecule has 1 fully saturated rings. The van der Waals surface area contributed by atoms with Gasteiger partial charge in [0.15, 0.2) is 0 Å². The Balaban J connectivity index is 2.39. The lowest BCUT2D eigenvalue weighted by atomic mass is 9.96. The Hall–Kier alpha value is -1.69. The van der Waals surface area contributed by atoms with Crippen LogP contribution in [0, 0.1) is 5.82 Å². The molecule has 0 saturated carbocycles. The maximum absolute atomic E-state index is 14.0. The minimum Gasteiger partial charge on any atom is -0.389 e. The number of carbonyl (C=O) groups excluding carboxylic acids is 1. The van der Waals surface area contributed by atoms with Crippen LogP contribution in [0.5, 0.6) is 0 Å². The number of hydrogen-bond acceptors (Lipinski definition) is 3. The molecule has 1 aromatic carbocycles. The van der Waals surface area contributed by atoms with Crippen LogP contribution in [0.3, 0.4) is 0 Å². The molecule has 0 aromatic heterocycles. The predicted octanol–water partition coefficient (Wildman–Crippen LogP) is 1.52. The zero-order valence-electron chi connectivity index (χ0n) is 11.8. The first-order chi connectivity index (χ1) is 9.25. The molecule has 6 heteroatoms. The molecule has 2 rings (SSSR count). The second-order valence-corrected chi connectivity index (χ2v) is 5.91. The summed E-state index contributed by atoms with van der Waals surface area (Å²) in [6.45, 7) is 4.94. The van der Waals surface area contributed by atoms with Gasteiger partial charge in [-0.2, -0.15) is 0 Å². The van der Waals surface area contributed by atoms with Crippen LogP contribution in [0.4, 0.5) is 10.1 Å². The van der Waals surface area contributed by atoms with Crippen LogP contribution in [0.25, 0.3) is 0 Å². The van der Waals surface area contributed by atoms with Crippen molar-refractivity contribution in [3.8, 4) is 0 Å². The molecule has 0 bridgehead atoms. The largest absolute Gasteiger partial charge is 0.389 e. The van der Waals surface area contributed by atoms with Crippen LogP contribution in [0.15, 0.2) is 18.2 Å². The molecule has 1 aliphatic heterocycles. The lowest BCUT2D eigenvalue weighted by Gasteiger charge is -2.46. The van der Waals surface area contributed by atoms with E-state index in [-0.39, 0.29) is 16.5 Å². The van der Waals surface area contributed by atoms with Gasteiger partial charge in [-0.3, -0.25) is 4.79 Å². The molecule has 1 heterocycles. The summed E-state index contributed by atoms with van der Waals surface area (Å²) < 4.78 is 14.0.